The number of hydrogen-bond acceptors (Lipinski definition) is 21. The minimum absolute atomic E-state index is 0.0109. The van der Waals surface area contributed by atoms with Crippen molar-refractivity contribution in [3.8, 4) is 23.0 Å². The van der Waals surface area contributed by atoms with Crippen molar-refractivity contribution >= 4 is 58.3 Å². The minimum atomic E-state index is -0.828. The van der Waals surface area contributed by atoms with Crippen LogP contribution in [0.4, 0.5) is 17.1 Å². The summed E-state index contributed by atoms with van der Waals surface area (Å²) in [5.74, 6) is -1.39. The zero-order chi connectivity index (χ0) is 53.3. The smallest absolute Gasteiger partial charge is 0.347 e. The molecular formula is C53H64N4O17. The standard InChI is InChI=1S/C53H64N4O17/c1-34-9-14-44-49(23-34)66-21-22-67-50-26-43(53-41-12-10-38(54(5)6)24-47(41)74-48-25-39(55(7)8)11-13-42(48)53)46(68-30-52(63)73-33-71-37(4)60)27-45(50)56(28-40(61)15-18-65-31-69-35(2)58)16-19-64-20-17-57(44)29-51(62)72-32-70-36(3)59/h9-14,23-27,38H,15-22,28-33H2,1-8H3. The van der Waals surface area contributed by atoms with E-state index in [-0.39, 0.29) is 90.0 Å². The van der Waals surface area contributed by atoms with Gasteiger partial charge in [-0.05, 0) is 63.0 Å². The number of rotatable bonds is 19. The van der Waals surface area contributed by atoms with Crippen LogP contribution in [0.15, 0.2) is 78.1 Å². The minimum Gasteiger partial charge on any atom is -0.488 e. The molecule has 6 rings (SSSR count). The van der Waals surface area contributed by atoms with Crippen LogP contribution in [0.25, 0.3) is 5.57 Å². The number of fused-ring (bicyclic) bond motifs is 4. The average molecular weight is 1030 g/mol. The number of hydrogen-bond donors (Lipinski definition) is 0. The number of ether oxygens (including phenoxy) is 11. The molecule has 0 bridgehead atoms. The fraction of sp³-hybridized carbons (Fsp3) is 0.434. The van der Waals surface area contributed by atoms with E-state index in [2.05, 4.69) is 0 Å². The molecule has 21 heteroatoms. The zero-order valence-corrected chi connectivity index (χ0v) is 43.1. The van der Waals surface area contributed by atoms with Crippen LogP contribution in [0.3, 0.4) is 0 Å². The number of aryl methyl sites for hydroxylation is 1. The highest BCUT2D eigenvalue weighted by molar-refractivity contribution is 5.95. The number of benzene rings is 3. The van der Waals surface area contributed by atoms with Crippen LogP contribution in [-0.2, 0) is 61.9 Å². The lowest BCUT2D eigenvalue weighted by Gasteiger charge is -2.32. The highest BCUT2D eigenvalue weighted by Crippen LogP contribution is 2.49. The topological polar surface area (TPSA) is 217 Å². The van der Waals surface area contributed by atoms with Crippen LogP contribution in [0.5, 0.6) is 23.0 Å². The van der Waals surface area contributed by atoms with Gasteiger partial charge >= 0.3 is 29.8 Å². The number of allylic oxidation sites excluding steroid dienone is 1. The van der Waals surface area contributed by atoms with Gasteiger partial charge in [0.2, 0.25) is 13.6 Å². The Morgan fingerprint density at radius 2 is 1.32 bits per heavy atom. The van der Waals surface area contributed by atoms with Gasteiger partial charge in [-0.1, -0.05) is 18.2 Å². The van der Waals surface area contributed by atoms with Crippen molar-refractivity contribution in [2.45, 2.75) is 40.2 Å². The van der Waals surface area contributed by atoms with Crippen LogP contribution < -0.4 is 33.6 Å². The van der Waals surface area contributed by atoms with Gasteiger partial charge in [-0.3, -0.25) is 28.9 Å². The van der Waals surface area contributed by atoms with Gasteiger partial charge in [0, 0.05) is 101 Å². The van der Waals surface area contributed by atoms with Gasteiger partial charge in [-0.15, -0.1) is 0 Å². The van der Waals surface area contributed by atoms with Crippen LogP contribution in [0.1, 0.15) is 43.9 Å². The quantitative estimate of drug-likeness (QED) is 0.0685. The van der Waals surface area contributed by atoms with Gasteiger partial charge in [-0.2, -0.15) is 0 Å². The Balaban J connectivity index is 1.47. The maximum Gasteiger partial charge on any atom is 0.347 e. The molecule has 1 atom stereocenters. The Morgan fingerprint density at radius 1 is 0.676 bits per heavy atom. The van der Waals surface area contributed by atoms with E-state index >= 15 is 0 Å². The Labute approximate surface area is 429 Å². The molecule has 0 saturated heterocycles. The molecule has 0 radical (unpaired) electrons. The molecule has 0 N–H and O–H groups in total. The molecule has 2 heterocycles. The molecule has 0 aromatic heterocycles. The summed E-state index contributed by atoms with van der Waals surface area (Å²) in [5.41, 5.74) is 5.34. The van der Waals surface area contributed by atoms with Crippen molar-refractivity contribution in [3.05, 3.63) is 94.8 Å². The van der Waals surface area contributed by atoms with Crippen molar-refractivity contribution in [2.24, 2.45) is 0 Å². The van der Waals surface area contributed by atoms with E-state index in [1.165, 1.54) is 20.8 Å². The predicted molar refractivity (Wildman–Crippen MR) is 269 cm³/mol. The van der Waals surface area contributed by atoms with Crippen LogP contribution >= 0.6 is 0 Å². The second-order valence-corrected chi connectivity index (χ2v) is 17.5. The molecule has 398 valence electrons. The summed E-state index contributed by atoms with van der Waals surface area (Å²) >= 11 is 0. The molecule has 0 fully saturated rings. The third-order valence-corrected chi connectivity index (χ3v) is 11.5. The molecular weight excluding hydrogens is 965 g/mol. The van der Waals surface area contributed by atoms with Crippen molar-refractivity contribution < 1.29 is 80.9 Å². The van der Waals surface area contributed by atoms with E-state index in [0.29, 0.717) is 51.1 Å². The third kappa shape index (κ3) is 15.9. The Hall–Kier alpha value is -7.62. The molecule has 3 aliphatic rings. The fourth-order valence-electron chi connectivity index (χ4n) is 7.77. The SMILES string of the molecule is CC(=O)OCOCCC(=O)CN1CCOCCN(CC(=O)OCOC(C)=O)c2ccc(C)cc2OCCOc2cc(C3=C4C=CC(N(C)C)C=C4Oc4cc(N(C)C)ccc43)c(OCC(=O)OCOC(C)=O)cc21. The highest BCUT2D eigenvalue weighted by atomic mass is 16.7. The lowest BCUT2D eigenvalue weighted by atomic mass is 9.86. The summed E-state index contributed by atoms with van der Waals surface area (Å²) in [4.78, 5) is 81.8. The number of carbonyl (C=O) groups is 6. The number of likely N-dealkylation sites (N-methyl/N-ethyl adjacent to an activating group) is 1. The second-order valence-electron chi connectivity index (χ2n) is 17.5. The van der Waals surface area contributed by atoms with E-state index < -0.39 is 50.0 Å². The molecule has 21 nitrogen and oxygen atoms in total. The number of anilines is 3. The van der Waals surface area contributed by atoms with Crippen LogP contribution in [-0.4, -0.2) is 161 Å². The third-order valence-electron chi connectivity index (χ3n) is 11.5. The monoisotopic (exact) mass is 1030 g/mol. The first-order valence-corrected chi connectivity index (χ1v) is 23.8. The summed E-state index contributed by atoms with van der Waals surface area (Å²) in [6.45, 7) is 3.49. The van der Waals surface area contributed by atoms with E-state index in [0.717, 1.165) is 16.8 Å². The molecule has 3 aromatic carbocycles. The Kier molecular flexibility index (Phi) is 20.2. The molecule has 0 amide bonds. The van der Waals surface area contributed by atoms with E-state index in [4.69, 9.17) is 52.1 Å². The first-order valence-electron chi connectivity index (χ1n) is 23.8. The Bertz CT molecular complexity index is 2630. The van der Waals surface area contributed by atoms with Crippen molar-refractivity contribution in [1.29, 1.82) is 0 Å². The molecule has 3 aromatic rings. The summed E-state index contributed by atoms with van der Waals surface area (Å²) in [5, 5.41) is 0. The van der Waals surface area contributed by atoms with Crippen LogP contribution in [0.2, 0.25) is 0 Å². The summed E-state index contributed by atoms with van der Waals surface area (Å²) < 4.78 is 62.7. The van der Waals surface area contributed by atoms with E-state index in [1.54, 1.807) is 21.9 Å². The van der Waals surface area contributed by atoms with Gasteiger partial charge in [0.25, 0.3) is 0 Å². The van der Waals surface area contributed by atoms with E-state index in [1.807, 2.05) is 99.5 Å². The molecule has 0 saturated carbocycles. The van der Waals surface area contributed by atoms with Crippen LogP contribution in [0, 0.1) is 6.92 Å². The summed E-state index contributed by atoms with van der Waals surface area (Å²) in [7, 11) is 7.79. The number of nitrogens with zero attached hydrogens (tertiary/aromatic N) is 4. The highest BCUT2D eigenvalue weighted by Gasteiger charge is 2.32. The molecule has 74 heavy (non-hydrogen) atoms. The number of carbonyl (C=O) groups excluding carboxylic acids is 6. The number of ketones is 1. The number of Topliss-reactive ketones (excluding diaryl/α,β-unsaturated/α-hetero) is 1. The molecule has 1 unspecified atom stereocenters. The molecule has 2 aliphatic heterocycles. The Morgan fingerprint density at radius 3 is 1.99 bits per heavy atom. The van der Waals surface area contributed by atoms with Crippen molar-refractivity contribution in [2.75, 3.05) is 129 Å². The van der Waals surface area contributed by atoms with Crippen molar-refractivity contribution in [1.82, 2.24) is 4.90 Å². The van der Waals surface area contributed by atoms with Gasteiger partial charge in [0.15, 0.2) is 19.2 Å². The van der Waals surface area contributed by atoms with Gasteiger partial charge in [-0.25, -0.2) is 4.79 Å². The normalized spacial score (nSPS) is 15.4. The molecule has 0 spiro atoms. The van der Waals surface area contributed by atoms with Gasteiger partial charge in [0.1, 0.15) is 48.5 Å². The summed E-state index contributed by atoms with van der Waals surface area (Å²) in [6, 6.07) is 14.8. The van der Waals surface area contributed by atoms with Crippen molar-refractivity contribution in [3.63, 3.8) is 0 Å². The summed E-state index contributed by atoms with van der Waals surface area (Å²) in [6.07, 6.45) is 5.99. The van der Waals surface area contributed by atoms with Gasteiger partial charge < -0.3 is 66.8 Å². The fourth-order valence-corrected chi connectivity index (χ4v) is 7.77. The largest absolute Gasteiger partial charge is 0.488 e. The van der Waals surface area contributed by atoms with Gasteiger partial charge in [0.05, 0.1) is 37.7 Å². The second kappa shape index (κ2) is 26.9. The number of esters is 5. The predicted octanol–water partition coefficient (Wildman–Crippen LogP) is 4.74. The van der Waals surface area contributed by atoms with E-state index in [9.17, 15) is 28.8 Å². The average Bonchev–Trinajstić information content (AvgIpc) is 3.35. The maximum absolute atomic E-state index is 13.9. The maximum atomic E-state index is 13.9. The lowest BCUT2D eigenvalue weighted by Crippen LogP contribution is -2.36. The zero-order valence-electron chi connectivity index (χ0n) is 43.1. The lowest BCUT2D eigenvalue weighted by molar-refractivity contribution is -0.168. The molecule has 1 aliphatic carbocycles. The first-order chi connectivity index (χ1) is 35.5. The first kappa shape index (κ1) is 55.7.